The summed E-state index contributed by atoms with van der Waals surface area (Å²) >= 11 is 4.75. The molecule has 3 aromatic rings. The maximum absolute atomic E-state index is 12.6. The van der Waals surface area contributed by atoms with Gasteiger partial charge in [0, 0.05) is 33.5 Å². The van der Waals surface area contributed by atoms with E-state index in [0.717, 1.165) is 27.0 Å². The third-order valence-corrected chi connectivity index (χ3v) is 5.48. The van der Waals surface area contributed by atoms with Crippen LogP contribution in [0.5, 0.6) is 0 Å². The molecule has 0 fully saturated rings. The fourth-order valence-electron chi connectivity index (χ4n) is 2.75. The highest BCUT2D eigenvalue weighted by Gasteiger charge is 2.16. The molecule has 0 saturated carbocycles. The van der Waals surface area contributed by atoms with Gasteiger partial charge >= 0.3 is 0 Å². The Morgan fingerprint density at radius 3 is 2.77 bits per heavy atom. The number of rotatable bonds is 7. The number of Topliss-reactive ketones (excluding diaryl/α,β-unsaturated/α-hetero) is 1. The van der Waals surface area contributed by atoms with Crippen LogP contribution in [0.15, 0.2) is 52.6 Å². The van der Waals surface area contributed by atoms with E-state index < -0.39 is 0 Å². The molecule has 0 bridgehead atoms. The van der Waals surface area contributed by atoms with Crippen LogP contribution in [0.3, 0.4) is 0 Å². The van der Waals surface area contributed by atoms with Gasteiger partial charge in [-0.15, -0.1) is 11.7 Å². The molecule has 0 aliphatic heterocycles. The molecular weight excluding hydrogens is 412 g/mol. The number of allylic oxidation sites excluding steroid dienone is 1. The molecule has 0 aliphatic carbocycles. The molecule has 0 atom stereocenters. The van der Waals surface area contributed by atoms with E-state index in [1.54, 1.807) is 0 Å². The predicted octanol–water partition coefficient (Wildman–Crippen LogP) is 4.81. The summed E-state index contributed by atoms with van der Waals surface area (Å²) in [5, 5.41) is 7.69. The molecule has 0 amide bonds. The predicted molar refractivity (Wildman–Crippen MR) is 109 cm³/mol. The van der Waals surface area contributed by atoms with Crippen LogP contribution in [0.1, 0.15) is 21.7 Å². The normalized spacial score (nSPS) is 10.9. The van der Waals surface area contributed by atoms with E-state index in [0.29, 0.717) is 23.3 Å². The average Bonchev–Trinajstić information content (AvgIpc) is 3.21. The summed E-state index contributed by atoms with van der Waals surface area (Å²) in [4.78, 5) is 17.1. The summed E-state index contributed by atoms with van der Waals surface area (Å²) in [5.41, 5.74) is 3.73. The Bertz CT molecular complexity index is 943. The van der Waals surface area contributed by atoms with Crippen molar-refractivity contribution in [1.29, 1.82) is 0 Å². The first-order valence-electron chi connectivity index (χ1n) is 8.11. The van der Waals surface area contributed by atoms with E-state index in [2.05, 4.69) is 42.3 Å². The number of nitrogens with zero attached hydrogens (tertiary/aromatic N) is 3. The van der Waals surface area contributed by atoms with Gasteiger partial charge in [-0.25, -0.2) is 4.98 Å². The van der Waals surface area contributed by atoms with Gasteiger partial charge < -0.3 is 4.57 Å². The molecular formula is C19H19BrN4OS. The van der Waals surface area contributed by atoms with Gasteiger partial charge in [0.25, 0.3) is 0 Å². The van der Waals surface area contributed by atoms with Crippen LogP contribution in [0.25, 0.3) is 11.4 Å². The Balaban J connectivity index is 1.68. The average molecular weight is 431 g/mol. The molecule has 5 nitrogen and oxygen atoms in total. The molecule has 0 unspecified atom stereocenters. The number of hydrogen-bond donors (Lipinski definition) is 1. The standard InChI is InChI=1S/C19H19BrN4OS/c1-4-9-24-12(2)10-16(13(24)3)17(25)11-26-19-21-18(22-23-19)14-5-7-15(20)8-6-14/h4-8,10H,1,9,11H2,2-3H3,(H,21,22,23). The molecule has 1 N–H and O–H groups in total. The first-order valence-corrected chi connectivity index (χ1v) is 9.89. The maximum atomic E-state index is 12.6. The third-order valence-electron chi connectivity index (χ3n) is 4.10. The van der Waals surface area contributed by atoms with Crippen molar-refractivity contribution < 1.29 is 4.79 Å². The minimum Gasteiger partial charge on any atom is -0.345 e. The summed E-state index contributed by atoms with van der Waals surface area (Å²) in [6.07, 6.45) is 1.83. The zero-order chi connectivity index (χ0) is 18.7. The molecule has 2 heterocycles. The van der Waals surface area contributed by atoms with Crippen molar-refractivity contribution in [2.75, 3.05) is 5.75 Å². The van der Waals surface area contributed by atoms with Crippen LogP contribution in [0.4, 0.5) is 0 Å². The second kappa shape index (κ2) is 8.05. The lowest BCUT2D eigenvalue weighted by Crippen LogP contribution is -2.06. The molecule has 1 aromatic carbocycles. The van der Waals surface area contributed by atoms with Crippen LogP contribution in [0.2, 0.25) is 0 Å². The van der Waals surface area contributed by atoms with E-state index in [9.17, 15) is 4.79 Å². The lowest BCUT2D eigenvalue weighted by molar-refractivity contribution is 0.102. The number of benzene rings is 1. The Morgan fingerprint density at radius 2 is 2.08 bits per heavy atom. The number of nitrogens with one attached hydrogen (secondary N) is 1. The van der Waals surface area contributed by atoms with E-state index in [4.69, 9.17) is 0 Å². The molecule has 26 heavy (non-hydrogen) atoms. The topological polar surface area (TPSA) is 63.6 Å². The molecule has 7 heteroatoms. The number of aromatic amines is 1. The van der Waals surface area contributed by atoms with Crippen LogP contribution < -0.4 is 0 Å². The zero-order valence-corrected chi connectivity index (χ0v) is 17.0. The molecule has 3 rings (SSSR count). The number of carbonyl (C=O) groups is 1. The Hall–Kier alpha value is -2.12. The van der Waals surface area contributed by atoms with Gasteiger partial charge in [-0.3, -0.25) is 9.89 Å². The van der Waals surface area contributed by atoms with Crippen molar-refractivity contribution in [3.8, 4) is 11.4 Å². The second-order valence-electron chi connectivity index (χ2n) is 5.87. The number of aromatic nitrogens is 4. The van der Waals surface area contributed by atoms with Crippen molar-refractivity contribution in [2.45, 2.75) is 25.5 Å². The van der Waals surface area contributed by atoms with Crippen molar-refractivity contribution in [1.82, 2.24) is 19.7 Å². The number of H-pyrrole nitrogens is 1. The first kappa shape index (κ1) is 18.7. The number of aryl methyl sites for hydroxylation is 1. The molecule has 0 spiro atoms. The molecule has 0 aliphatic rings. The number of ketones is 1. The smallest absolute Gasteiger partial charge is 0.209 e. The maximum Gasteiger partial charge on any atom is 0.209 e. The summed E-state index contributed by atoms with van der Waals surface area (Å²) in [6.45, 7) is 8.44. The van der Waals surface area contributed by atoms with E-state index in [1.165, 1.54) is 11.8 Å². The van der Waals surface area contributed by atoms with Crippen molar-refractivity contribution in [3.05, 3.63) is 64.4 Å². The van der Waals surface area contributed by atoms with Gasteiger partial charge in [0.2, 0.25) is 5.16 Å². The van der Waals surface area contributed by atoms with Gasteiger partial charge in [0.1, 0.15) is 0 Å². The highest BCUT2D eigenvalue weighted by atomic mass is 79.9. The van der Waals surface area contributed by atoms with Crippen LogP contribution in [-0.2, 0) is 6.54 Å². The van der Waals surface area contributed by atoms with Crippen molar-refractivity contribution in [2.24, 2.45) is 0 Å². The first-order chi connectivity index (χ1) is 12.5. The monoisotopic (exact) mass is 430 g/mol. The molecule has 2 aromatic heterocycles. The third kappa shape index (κ3) is 3.99. The van der Waals surface area contributed by atoms with Gasteiger partial charge in [-0.2, -0.15) is 0 Å². The van der Waals surface area contributed by atoms with E-state index in [1.807, 2.05) is 50.3 Å². The highest BCUT2D eigenvalue weighted by molar-refractivity contribution is 9.10. The molecule has 0 saturated heterocycles. The Kier molecular flexibility index (Phi) is 5.78. The van der Waals surface area contributed by atoms with E-state index in [-0.39, 0.29) is 5.78 Å². The summed E-state index contributed by atoms with van der Waals surface area (Å²) in [7, 11) is 0. The lowest BCUT2D eigenvalue weighted by Gasteiger charge is -2.05. The Morgan fingerprint density at radius 1 is 1.35 bits per heavy atom. The fraction of sp³-hybridized carbons (Fsp3) is 0.211. The summed E-state index contributed by atoms with van der Waals surface area (Å²) < 4.78 is 3.10. The van der Waals surface area contributed by atoms with Gasteiger partial charge in [-0.05, 0) is 32.0 Å². The van der Waals surface area contributed by atoms with E-state index >= 15 is 0 Å². The van der Waals surface area contributed by atoms with Crippen LogP contribution in [0, 0.1) is 13.8 Å². The van der Waals surface area contributed by atoms with Crippen LogP contribution >= 0.6 is 27.7 Å². The van der Waals surface area contributed by atoms with Crippen molar-refractivity contribution in [3.63, 3.8) is 0 Å². The quantitative estimate of drug-likeness (QED) is 0.331. The zero-order valence-electron chi connectivity index (χ0n) is 14.6. The van der Waals surface area contributed by atoms with Gasteiger partial charge in [0.05, 0.1) is 5.75 Å². The minimum absolute atomic E-state index is 0.0772. The molecule has 0 radical (unpaired) electrons. The highest BCUT2D eigenvalue weighted by Crippen LogP contribution is 2.23. The molecule has 134 valence electrons. The number of halogens is 1. The second-order valence-corrected chi connectivity index (χ2v) is 7.73. The SMILES string of the molecule is C=CCn1c(C)cc(C(=O)CSc2n[nH]c(-c3ccc(Br)cc3)n2)c1C. The van der Waals surface area contributed by atoms with Gasteiger partial charge in [-0.1, -0.05) is 45.9 Å². The summed E-state index contributed by atoms with van der Waals surface area (Å²) in [6, 6.07) is 9.75. The fourth-order valence-corrected chi connectivity index (χ4v) is 3.70. The number of thioether (sulfide) groups is 1. The van der Waals surface area contributed by atoms with Crippen LogP contribution in [-0.4, -0.2) is 31.3 Å². The number of carbonyl (C=O) groups excluding carboxylic acids is 1. The minimum atomic E-state index is 0.0772. The summed E-state index contributed by atoms with van der Waals surface area (Å²) in [5.74, 6) is 1.07. The number of hydrogen-bond acceptors (Lipinski definition) is 4. The van der Waals surface area contributed by atoms with Gasteiger partial charge in [0.15, 0.2) is 11.6 Å². The van der Waals surface area contributed by atoms with Crippen molar-refractivity contribution >= 4 is 33.5 Å². The largest absolute Gasteiger partial charge is 0.345 e. The Labute approximate surface area is 165 Å². The lowest BCUT2D eigenvalue weighted by atomic mass is 10.2.